The van der Waals surface area contributed by atoms with Gasteiger partial charge in [0.25, 0.3) is 0 Å². The van der Waals surface area contributed by atoms with Gasteiger partial charge >= 0.3 is 5.97 Å². The van der Waals surface area contributed by atoms with Gasteiger partial charge in [-0.3, -0.25) is 4.79 Å². The number of nitrogens with one attached hydrogen (secondary N) is 1. The predicted molar refractivity (Wildman–Crippen MR) is 74.3 cm³/mol. The van der Waals surface area contributed by atoms with Crippen LogP contribution in [0.3, 0.4) is 0 Å². The maximum atomic E-state index is 11.9. The molecule has 1 amide bonds. The molecule has 0 bridgehead atoms. The first-order valence-corrected chi connectivity index (χ1v) is 6.52. The van der Waals surface area contributed by atoms with E-state index in [0.29, 0.717) is 5.69 Å². The van der Waals surface area contributed by atoms with E-state index in [1.54, 1.807) is 19.1 Å². The lowest BCUT2D eigenvalue weighted by Gasteiger charge is -2.04. The Morgan fingerprint density at radius 1 is 1.30 bits per heavy atom. The number of amides is 1. The van der Waals surface area contributed by atoms with E-state index in [-0.39, 0.29) is 28.6 Å². The van der Waals surface area contributed by atoms with Crippen molar-refractivity contribution in [1.29, 1.82) is 0 Å². The van der Waals surface area contributed by atoms with E-state index in [1.807, 2.05) is 0 Å². The average Bonchev–Trinajstić information content (AvgIpc) is 2.73. The molecule has 3 N–H and O–H groups in total. The highest BCUT2D eigenvalue weighted by Crippen LogP contribution is 2.24. The lowest BCUT2D eigenvalue weighted by Crippen LogP contribution is -2.15. The number of nitrogens with zero attached hydrogens (tertiary/aromatic N) is 1. The quantitative estimate of drug-likeness (QED) is 0.800. The van der Waals surface area contributed by atoms with Gasteiger partial charge in [-0.15, -0.1) is 0 Å². The first-order chi connectivity index (χ1) is 9.47. The fourth-order valence-electron chi connectivity index (χ4n) is 1.68. The Morgan fingerprint density at radius 2 is 1.95 bits per heavy atom. The number of carbonyl (C=O) groups excluding carboxylic acids is 1. The molecule has 0 unspecified atom stereocenters. The van der Waals surface area contributed by atoms with E-state index in [9.17, 15) is 9.59 Å². The van der Waals surface area contributed by atoms with Crippen molar-refractivity contribution in [2.75, 3.05) is 5.32 Å². The van der Waals surface area contributed by atoms with Crippen molar-refractivity contribution in [2.45, 2.75) is 13.3 Å². The number of phenols is 1. The highest BCUT2D eigenvalue weighted by Gasteiger charge is 2.19. The Bertz CT molecular complexity index is 649. The predicted octanol–water partition coefficient (Wildman–Crippen LogP) is 2.04. The lowest BCUT2D eigenvalue weighted by molar-refractivity contribution is -0.115. The van der Waals surface area contributed by atoms with Gasteiger partial charge < -0.3 is 15.5 Å². The third kappa shape index (κ3) is 3.12. The van der Waals surface area contributed by atoms with Crippen molar-refractivity contribution in [3.8, 4) is 5.75 Å². The number of hydrogen-bond acceptors (Lipinski definition) is 5. The summed E-state index contributed by atoms with van der Waals surface area (Å²) >= 11 is 0.943. The van der Waals surface area contributed by atoms with Crippen LogP contribution in [-0.4, -0.2) is 26.5 Å². The first kappa shape index (κ1) is 14.0. The van der Waals surface area contributed by atoms with E-state index in [2.05, 4.69) is 9.69 Å². The van der Waals surface area contributed by atoms with E-state index >= 15 is 0 Å². The van der Waals surface area contributed by atoms with Crippen LogP contribution in [-0.2, 0) is 11.2 Å². The third-order valence-corrected chi connectivity index (χ3v) is 3.48. The minimum absolute atomic E-state index is 0.0223. The summed E-state index contributed by atoms with van der Waals surface area (Å²) in [5, 5.41) is 21.0. The normalized spacial score (nSPS) is 10.2. The maximum Gasteiger partial charge on any atom is 0.340 e. The maximum absolute atomic E-state index is 11.9. The molecule has 1 aromatic heterocycles. The lowest BCUT2D eigenvalue weighted by atomic mass is 10.1. The molecule has 0 aliphatic heterocycles. The molecule has 6 nitrogen and oxygen atoms in total. The van der Waals surface area contributed by atoms with Crippen LogP contribution in [0.4, 0.5) is 5.00 Å². The van der Waals surface area contributed by atoms with Gasteiger partial charge in [-0.05, 0) is 36.2 Å². The van der Waals surface area contributed by atoms with Crippen molar-refractivity contribution < 1.29 is 19.8 Å². The molecular weight excluding hydrogens is 280 g/mol. The fourth-order valence-corrected chi connectivity index (χ4v) is 2.48. The molecule has 1 heterocycles. The molecule has 7 heteroatoms. The SMILES string of the molecule is Cc1nsc(NC(=O)Cc2ccc(O)cc2)c1C(=O)O. The van der Waals surface area contributed by atoms with E-state index < -0.39 is 5.97 Å². The minimum atomic E-state index is -1.11. The number of aromatic carboxylic acids is 1. The minimum Gasteiger partial charge on any atom is -0.508 e. The topological polar surface area (TPSA) is 99.5 Å². The van der Waals surface area contributed by atoms with Crippen LogP contribution in [0.25, 0.3) is 0 Å². The molecule has 0 saturated heterocycles. The zero-order valence-electron chi connectivity index (χ0n) is 10.6. The summed E-state index contributed by atoms with van der Waals surface area (Å²) < 4.78 is 3.92. The van der Waals surface area contributed by atoms with Gasteiger partial charge in [0.2, 0.25) is 5.91 Å². The molecule has 0 saturated carbocycles. The van der Waals surface area contributed by atoms with E-state index in [4.69, 9.17) is 10.2 Å². The van der Waals surface area contributed by atoms with Crippen molar-refractivity contribution in [3.05, 3.63) is 41.1 Å². The Kier molecular flexibility index (Phi) is 3.99. The van der Waals surface area contributed by atoms with Crippen molar-refractivity contribution in [3.63, 3.8) is 0 Å². The summed E-state index contributed by atoms with van der Waals surface area (Å²) in [6, 6.07) is 6.24. The molecule has 104 valence electrons. The number of aromatic hydroxyl groups is 1. The number of benzene rings is 1. The number of anilines is 1. The number of phenolic OH excluding ortho intramolecular Hbond substituents is 1. The summed E-state index contributed by atoms with van der Waals surface area (Å²) in [7, 11) is 0. The Balaban J connectivity index is 2.09. The second-order valence-electron chi connectivity index (χ2n) is 4.17. The zero-order chi connectivity index (χ0) is 14.7. The average molecular weight is 292 g/mol. The van der Waals surface area contributed by atoms with Crippen LogP contribution < -0.4 is 5.32 Å². The van der Waals surface area contributed by atoms with E-state index in [0.717, 1.165) is 17.1 Å². The number of carboxylic acid groups (broad SMARTS) is 1. The first-order valence-electron chi connectivity index (χ1n) is 5.74. The number of hydrogen-bond donors (Lipinski definition) is 3. The van der Waals surface area contributed by atoms with Gasteiger partial charge in [0.15, 0.2) is 0 Å². The van der Waals surface area contributed by atoms with Gasteiger partial charge in [-0.2, -0.15) is 4.37 Å². The smallest absolute Gasteiger partial charge is 0.340 e. The van der Waals surface area contributed by atoms with Gasteiger partial charge in [0, 0.05) is 0 Å². The highest BCUT2D eigenvalue weighted by atomic mass is 32.1. The summed E-state index contributed by atoms with van der Waals surface area (Å²) in [5.74, 6) is -1.32. The molecule has 0 fully saturated rings. The number of rotatable bonds is 4. The van der Waals surface area contributed by atoms with Gasteiger partial charge in [-0.1, -0.05) is 12.1 Å². The van der Waals surface area contributed by atoms with Crippen LogP contribution in [0.5, 0.6) is 5.75 Å². The second-order valence-corrected chi connectivity index (χ2v) is 4.94. The van der Waals surface area contributed by atoms with E-state index in [1.165, 1.54) is 12.1 Å². The molecule has 0 aliphatic carbocycles. The summed E-state index contributed by atoms with van der Waals surface area (Å²) in [4.78, 5) is 22.9. The molecule has 0 radical (unpaired) electrons. The standard InChI is InChI=1S/C13H12N2O4S/c1-7-11(13(18)19)12(20-15-7)14-10(17)6-8-2-4-9(16)5-3-8/h2-5,16H,6H2,1H3,(H,14,17)(H,18,19). The fraction of sp³-hybridized carbons (Fsp3) is 0.154. The second kappa shape index (κ2) is 5.70. The number of carboxylic acids is 1. The molecule has 1 aromatic carbocycles. The van der Waals surface area contributed by atoms with Crippen LogP contribution >= 0.6 is 11.5 Å². The van der Waals surface area contributed by atoms with Gasteiger partial charge in [0.1, 0.15) is 16.3 Å². The largest absolute Gasteiger partial charge is 0.508 e. The Morgan fingerprint density at radius 3 is 2.55 bits per heavy atom. The van der Waals surface area contributed by atoms with Crippen molar-refractivity contribution >= 4 is 28.4 Å². The molecule has 2 rings (SSSR count). The molecule has 0 spiro atoms. The molecular formula is C13H12N2O4S. The summed E-state index contributed by atoms with van der Waals surface area (Å²) in [6.07, 6.45) is 0.0935. The van der Waals surface area contributed by atoms with Crippen LogP contribution in [0.15, 0.2) is 24.3 Å². The Hall–Kier alpha value is -2.41. The summed E-state index contributed by atoms with van der Waals surface area (Å²) in [5.41, 5.74) is 1.12. The highest BCUT2D eigenvalue weighted by molar-refractivity contribution is 7.11. The van der Waals surface area contributed by atoms with Gasteiger partial charge in [-0.25, -0.2) is 4.79 Å². The Labute approximate surface area is 118 Å². The molecule has 20 heavy (non-hydrogen) atoms. The molecule has 0 aliphatic rings. The molecule has 2 aromatic rings. The van der Waals surface area contributed by atoms with Crippen LogP contribution in [0.1, 0.15) is 21.6 Å². The summed E-state index contributed by atoms with van der Waals surface area (Å²) in [6.45, 7) is 1.58. The van der Waals surface area contributed by atoms with Crippen LogP contribution in [0, 0.1) is 6.92 Å². The number of carbonyl (C=O) groups is 2. The van der Waals surface area contributed by atoms with Crippen molar-refractivity contribution in [2.24, 2.45) is 0 Å². The third-order valence-electron chi connectivity index (χ3n) is 2.63. The molecule has 0 atom stereocenters. The number of aryl methyl sites for hydroxylation is 1. The number of aromatic nitrogens is 1. The van der Waals surface area contributed by atoms with Crippen molar-refractivity contribution in [1.82, 2.24) is 4.37 Å². The zero-order valence-corrected chi connectivity index (χ0v) is 11.4. The van der Waals surface area contributed by atoms with Crippen LogP contribution in [0.2, 0.25) is 0 Å². The van der Waals surface area contributed by atoms with Gasteiger partial charge in [0.05, 0.1) is 12.1 Å². The monoisotopic (exact) mass is 292 g/mol.